The maximum atomic E-state index is 13.0. The maximum Gasteiger partial charge on any atom is 0.263 e. The number of hydrogen-bond acceptors (Lipinski definition) is 6. The first-order valence-electron chi connectivity index (χ1n) is 11.9. The summed E-state index contributed by atoms with van der Waals surface area (Å²) < 4.78 is 57.1. The Morgan fingerprint density at radius 3 is 1.18 bits per heavy atom. The highest BCUT2D eigenvalue weighted by Gasteiger charge is 2.19. The third-order valence-corrected chi connectivity index (χ3v) is 8.66. The van der Waals surface area contributed by atoms with Gasteiger partial charge in [0.1, 0.15) is 11.7 Å². The topological polar surface area (TPSA) is 117 Å². The molecule has 12 heteroatoms. The van der Waals surface area contributed by atoms with Crippen molar-refractivity contribution in [2.24, 2.45) is 9.98 Å². The van der Waals surface area contributed by atoms with Gasteiger partial charge in [-0.2, -0.15) is 0 Å². The van der Waals surface area contributed by atoms with Crippen molar-refractivity contribution in [1.29, 1.82) is 0 Å². The van der Waals surface area contributed by atoms with E-state index in [1.165, 1.54) is 48.5 Å². The maximum absolute atomic E-state index is 13.0. The van der Waals surface area contributed by atoms with E-state index in [9.17, 15) is 16.8 Å². The Labute approximate surface area is 243 Å². The highest BCUT2D eigenvalue weighted by Crippen LogP contribution is 2.16. The van der Waals surface area contributed by atoms with Gasteiger partial charge in [0.25, 0.3) is 20.0 Å². The number of nitrogens with zero attached hydrogens (tertiary/aromatic N) is 2. The van der Waals surface area contributed by atoms with Crippen LogP contribution in [-0.2, 0) is 20.0 Å². The number of nitrogens with one attached hydrogen (secondary N) is 2. The highest BCUT2D eigenvalue weighted by atomic mass is 35.5. The molecule has 4 rings (SSSR count). The molecule has 4 aromatic carbocycles. The van der Waals surface area contributed by atoms with Gasteiger partial charge in [0.15, 0.2) is 0 Å². The molecule has 0 fully saturated rings. The van der Waals surface area contributed by atoms with Crippen molar-refractivity contribution in [2.45, 2.75) is 9.79 Å². The molecule has 0 aliphatic rings. The fraction of sp³-hybridized carbons (Fsp3) is 0.0714. The van der Waals surface area contributed by atoms with Crippen LogP contribution in [0.2, 0.25) is 10.0 Å². The number of hydrogen-bond donors (Lipinski definition) is 2. The molecule has 0 spiro atoms. The average Bonchev–Trinajstić information content (AvgIpc) is 2.95. The lowest BCUT2D eigenvalue weighted by Gasteiger charge is -2.13. The van der Waals surface area contributed by atoms with Crippen molar-refractivity contribution in [2.75, 3.05) is 13.1 Å². The van der Waals surface area contributed by atoms with E-state index in [0.29, 0.717) is 21.2 Å². The minimum atomic E-state index is -3.95. The first-order chi connectivity index (χ1) is 19.1. The van der Waals surface area contributed by atoms with E-state index in [0.717, 1.165) is 0 Å². The number of aliphatic imine (C=N–C) groups is 2. The number of amidine groups is 2. The molecule has 0 saturated carbocycles. The molecular weight excluding hydrogens is 591 g/mol. The van der Waals surface area contributed by atoms with Crippen LogP contribution in [0.25, 0.3) is 0 Å². The zero-order chi connectivity index (χ0) is 28.6. The Morgan fingerprint density at radius 1 is 0.525 bits per heavy atom. The quantitative estimate of drug-likeness (QED) is 0.154. The van der Waals surface area contributed by atoms with Crippen molar-refractivity contribution in [3.05, 3.63) is 130 Å². The summed E-state index contributed by atoms with van der Waals surface area (Å²) in [6.07, 6.45) is 0. The van der Waals surface area contributed by atoms with E-state index >= 15 is 0 Å². The lowest BCUT2D eigenvalue weighted by molar-refractivity contribution is 0.590. The second-order valence-corrected chi connectivity index (χ2v) is 12.5. The standard InChI is InChI=1S/C28H24Cl2N4O4S2/c29-23-11-15-25(16-12-23)39(35,36)33-27(21-7-3-1-4-8-21)31-19-20-32-28(22-9-5-2-6-10-22)34-40(37,38)26-17-13-24(30)14-18-26/h1-18H,19-20H2,(H,31,33)(H,32,34). The Balaban J connectivity index is 1.59. The van der Waals surface area contributed by atoms with Crippen molar-refractivity contribution in [1.82, 2.24) is 9.44 Å². The predicted octanol–water partition coefficient (Wildman–Crippen LogP) is 5.14. The second kappa shape index (κ2) is 13.1. The molecule has 4 aromatic rings. The van der Waals surface area contributed by atoms with E-state index < -0.39 is 20.0 Å². The Bertz CT molecular complexity index is 1580. The molecule has 0 aliphatic carbocycles. The zero-order valence-corrected chi connectivity index (χ0v) is 24.1. The number of halogens is 2. The zero-order valence-electron chi connectivity index (χ0n) is 20.9. The molecule has 40 heavy (non-hydrogen) atoms. The van der Waals surface area contributed by atoms with E-state index in [1.54, 1.807) is 60.7 Å². The minimum Gasteiger partial charge on any atom is -0.265 e. The van der Waals surface area contributed by atoms with E-state index in [1.807, 2.05) is 0 Å². The van der Waals surface area contributed by atoms with Crippen LogP contribution in [0.3, 0.4) is 0 Å². The Morgan fingerprint density at radius 2 is 0.850 bits per heavy atom. The number of rotatable bonds is 9. The lowest BCUT2D eigenvalue weighted by atomic mass is 10.2. The SMILES string of the molecule is O=S(=O)(NC(=NCCN=C(NS(=O)(=O)c1ccc(Cl)cc1)c1ccccc1)c1ccccc1)c1ccc(Cl)cc1. The normalized spacial score (nSPS) is 12.7. The summed E-state index contributed by atoms with van der Waals surface area (Å²) in [5.41, 5.74) is 1.10. The molecule has 0 bridgehead atoms. The molecule has 0 saturated heterocycles. The monoisotopic (exact) mass is 614 g/mol. The van der Waals surface area contributed by atoms with Gasteiger partial charge in [-0.1, -0.05) is 83.9 Å². The lowest BCUT2D eigenvalue weighted by Crippen LogP contribution is -2.32. The van der Waals surface area contributed by atoms with Crippen LogP contribution in [0.4, 0.5) is 0 Å². The highest BCUT2D eigenvalue weighted by molar-refractivity contribution is 7.90. The largest absolute Gasteiger partial charge is 0.265 e. The third kappa shape index (κ3) is 7.92. The van der Waals surface area contributed by atoms with Gasteiger partial charge in [0, 0.05) is 21.2 Å². The van der Waals surface area contributed by atoms with Crippen LogP contribution in [0.15, 0.2) is 129 Å². The first-order valence-corrected chi connectivity index (χ1v) is 15.6. The molecule has 0 unspecified atom stereocenters. The van der Waals surface area contributed by atoms with E-state index in [-0.39, 0.29) is 34.6 Å². The summed E-state index contributed by atoms with van der Waals surface area (Å²) in [6.45, 7) is 0.124. The van der Waals surface area contributed by atoms with Crippen LogP contribution in [0, 0.1) is 0 Å². The molecule has 8 nitrogen and oxygen atoms in total. The first kappa shape index (κ1) is 29.3. The van der Waals surface area contributed by atoms with Crippen molar-refractivity contribution < 1.29 is 16.8 Å². The van der Waals surface area contributed by atoms with Crippen LogP contribution < -0.4 is 9.44 Å². The summed E-state index contributed by atoms with van der Waals surface area (Å²) in [6, 6.07) is 29.1. The van der Waals surface area contributed by atoms with Gasteiger partial charge in [-0.05, 0) is 48.5 Å². The van der Waals surface area contributed by atoms with E-state index in [4.69, 9.17) is 23.2 Å². The Kier molecular flexibility index (Phi) is 9.59. The predicted molar refractivity (Wildman–Crippen MR) is 159 cm³/mol. The van der Waals surface area contributed by atoms with Gasteiger partial charge in [-0.3, -0.25) is 19.4 Å². The third-order valence-electron chi connectivity index (χ3n) is 5.44. The molecule has 2 N–H and O–H groups in total. The van der Waals surface area contributed by atoms with Crippen LogP contribution in [0.5, 0.6) is 0 Å². The smallest absolute Gasteiger partial charge is 0.263 e. The molecule has 0 atom stereocenters. The molecule has 0 aromatic heterocycles. The average molecular weight is 616 g/mol. The second-order valence-electron chi connectivity index (χ2n) is 8.31. The molecule has 0 amide bonds. The Hall–Kier alpha value is -3.70. The van der Waals surface area contributed by atoms with Crippen molar-refractivity contribution in [3.63, 3.8) is 0 Å². The fourth-order valence-electron chi connectivity index (χ4n) is 3.48. The molecule has 0 radical (unpaired) electrons. The van der Waals surface area contributed by atoms with Gasteiger partial charge >= 0.3 is 0 Å². The number of sulfonamides is 2. The fourth-order valence-corrected chi connectivity index (χ4v) is 5.83. The van der Waals surface area contributed by atoms with E-state index in [2.05, 4.69) is 19.4 Å². The molecule has 0 heterocycles. The van der Waals surface area contributed by atoms with Gasteiger partial charge in [-0.15, -0.1) is 0 Å². The summed E-state index contributed by atoms with van der Waals surface area (Å²) in [5, 5.41) is 0.823. The van der Waals surface area contributed by atoms with Crippen LogP contribution >= 0.6 is 23.2 Å². The summed E-state index contributed by atoms with van der Waals surface area (Å²) in [5.74, 6) is 0.238. The van der Waals surface area contributed by atoms with Gasteiger partial charge in [0.2, 0.25) is 0 Å². The van der Waals surface area contributed by atoms with Crippen molar-refractivity contribution >= 4 is 54.9 Å². The minimum absolute atomic E-state index is 0.0292. The van der Waals surface area contributed by atoms with Crippen LogP contribution in [-0.4, -0.2) is 41.6 Å². The number of benzene rings is 4. The summed E-state index contributed by atoms with van der Waals surface area (Å²) in [4.78, 5) is 8.97. The van der Waals surface area contributed by atoms with Gasteiger partial charge in [0.05, 0.1) is 22.9 Å². The van der Waals surface area contributed by atoms with Crippen molar-refractivity contribution in [3.8, 4) is 0 Å². The summed E-state index contributed by atoms with van der Waals surface area (Å²) in [7, 11) is -7.91. The molecular formula is C28H24Cl2N4O4S2. The van der Waals surface area contributed by atoms with Gasteiger partial charge in [-0.25, -0.2) is 16.8 Å². The molecule has 206 valence electrons. The van der Waals surface area contributed by atoms with Gasteiger partial charge < -0.3 is 0 Å². The van der Waals surface area contributed by atoms with Crippen LogP contribution in [0.1, 0.15) is 11.1 Å². The molecule has 0 aliphatic heterocycles. The summed E-state index contributed by atoms with van der Waals surface area (Å²) >= 11 is 11.8.